The standard InChI is InChI=1S/C21H42O3/c1-6-14-20(2,3)15-9-7-11-18(22)12-8-10-16-21(4,5)17-13-19(23)24/h18,22H,6-17H2,1-5H3,(H,23,24). The first-order valence-corrected chi connectivity index (χ1v) is 9.98. The third-order valence-corrected chi connectivity index (χ3v) is 5.22. The molecule has 0 aliphatic rings. The van der Waals surface area contributed by atoms with Crippen LogP contribution in [0.15, 0.2) is 0 Å². The van der Waals surface area contributed by atoms with Crippen LogP contribution in [0.25, 0.3) is 0 Å². The van der Waals surface area contributed by atoms with Crippen LogP contribution in [0.2, 0.25) is 0 Å². The lowest BCUT2D eigenvalue weighted by Crippen LogP contribution is -2.14. The number of hydrogen-bond acceptors (Lipinski definition) is 2. The van der Waals surface area contributed by atoms with Gasteiger partial charge in [0.05, 0.1) is 6.10 Å². The van der Waals surface area contributed by atoms with Crippen LogP contribution in [-0.4, -0.2) is 22.3 Å². The van der Waals surface area contributed by atoms with E-state index in [0.717, 1.165) is 44.9 Å². The van der Waals surface area contributed by atoms with Crippen LogP contribution in [0.3, 0.4) is 0 Å². The van der Waals surface area contributed by atoms with Gasteiger partial charge < -0.3 is 10.2 Å². The van der Waals surface area contributed by atoms with Gasteiger partial charge in [0.2, 0.25) is 0 Å². The first-order chi connectivity index (χ1) is 11.1. The summed E-state index contributed by atoms with van der Waals surface area (Å²) < 4.78 is 0. The van der Waals surface area contributed by atoms with Gasteiger partial charge in [0.15, 0.2) is 0 Å². The minimum Gasteiger partial charge on any atom is -0.481 e. The number of rotatable bonds is 15. The van der Waals surface area contributed by atoms with Gasteiger partial charge in [0.25, 0.3) is 0 Å². The molecule has 2 N–H and O–H groups in total. The molecule has 3 heteroatoms. The van der Waals surface area contributed by atoms with Crippen LogP contribution in [0.4, 0.5) is 0 Å². The van der Waals surface area contributed by atoms with E-state index >= 15 is 0 Å². The molecule has 0 spiro atoms. The Morgan fingerprint density at radius 1 is 0.833 bits per heavy atom. The van der Waals surface area contributed by atoms with Crippen LogP contribution in [0.5, 0.6) is 0 Å². The first kappa shape index (κ1) is 23.4. The summed E-state index contributed by atoms with van der Waals surface area (Å²) in [6, 6.07) is 0. The Labute approximate surface area is 150 Å². The van der Waals surface area contributed by atoms with E-state index in [9.17, 15) is 9.90 Å². The van der Waals surface area contributed by atoms with Crippen LogP contribution in [0.1, 0.15) is 112 Å². The molecular weight excluding hydrogens is 300 g/mol. The van der Waals surface area contributed by atoms with E-state index in [-0.39, 0.29) is 17.9 Å². The van der Waals surface area contributed by atoms with Crippen molar-refractivity contribution in [3.8, 4) is 0 Å². The lowest BCUT2D eigenvalue weighted by molar-refractivity contribution is -0.137. The van der Waals surface area contributed by atoms with Crippen molar-refractivity contribution in [1.29, 1.82) is 0 Å². The van der Waals surface area contributed by atoms with Crippen LogP contribution in [-0.2, 0) is 4.79 Å². The van der Waals surface area contributed by atoms with Crippen LogP contribution >= 0.6 is 0 Å². The molecule has 0 rings (SSSR count). The van der Waals surface area contributed by atoms with E-state index in [1.807, 2.05) is 0 Å². The van der Waals surface area contributed by atoms with Gasteiger partial charge in [0.1, 0.15) is 0 Å². The maximum absolute atomic E-state index is 10.7. The van der Waals surface area contributed by atoms with Gasteiger partial charge in [-0.2, -0.15) is 0 Å². The zero-order valence-electron chi connectivity index (χ0n) is 16.9. The average molecular weight is 343 g/mol. The molecular formula is C21H42O3. The lowest BCUT2D eigenvalue weighted by Gasteiger charge is -2.24. The molecule has 0 aromatic rings. The zero-order chi connectivity index (χ0) is 18.6. The molecule has 0 radical (unpaired) electrons. The highest BCUT2D eigenvalue weighted by Gasteiger charge is 2.19. The molecule has 24 heavy (non-hydrogen) atoms. The first-order valence-electron chi connectivity index (χ1n) is 9.98. The molecule has 0 saturated heterocycles. The maximum Gasteiger partial charge on any atom is 0.303 e. The fraction of sp³-hybridized carbons (Fsp3) is 0.952. The number of unbranched alkanes of at least 4 members (excludes halogenated alkanes) is 2. The third kappa shape index (κ3) is 13.8. The summed E-state index contributed by atoms with van der Waals surface area (Å²) in [7, 11) is 0. The van der Waals surface area contributed by atoms with Crippen molar-refractivity contribution in [2.24, 2.45) is 10.8 Å². The van der Waals surface area contributed by atoms with Gasteiger partial charge in [0, 0.05) is 6.42 Å². The number of carboxylic acid groups (broad SMARTS) is 1. The summed E-state index contributed by atoms with van der Waals surface area (Å²) in [5.41, 5.74) is 0.537. The van der Waals surface area contributed by atoms with Crippen molar-refractivity contribution in [1.82, 2.24) is 0 Å². The highest BCUT2D eigenvalue weighted by molar-refractivity contribution is 5.66. The van der Waals surface area contributed by atoms with Gasteiger partial charge in [-0.3, -0.25) is 4.79 Å². The normalized spacial score (nSPS) is 13.9. The highest BCUT2D eigenvalue weighted by atomic mass is 16.4. The molecule has 0 amide bonds. The third-order valence-electron chi connectivity index (χ3n) is 5.22. The predicted molar refractivity (Wildman–Crippen MR) is 102 cm³/mol. The molecule has 1 unspecified atom stereocenters. The van der Waals surface area contributed by atoms with Crippen molar-refractivity contribution in [3.63, 3.8) is 0 Å². The van der Waals surface area contributed by atoms with Crippen molar-refractivity contribution < 1.29 is 15.0 Å². The largest absolute Gasteiger partial charge is 0.481 e. The van der Waals surface area contributed by atoms with Gasteiger partial charge in [-0.25, -0.2) is 0 Å². The fourth-order valence-corrected chi connectivity index (χ4v) is 3.48. The number of carbonyl (C=O) groups is 1. The minimum atomic E-state index is -0.708. The Morgan fingerprint density at radius 2 is 1.29 bits per heavy atom. The van der Waals surface area contributed by atoms with Gasteiger partial charge >= 0.3 is 5.97 Å². The van der Waals surface area contributed by atoms with Crippen LogP contribution < -0.4 is 0 Å². The summed E-state index contributed by atoms with van der Waals surface area (Å²) in [6.07, 6.45) is 11.9. The van der Waals surface area contributed by atoms with Crippen molar-refractivity contribution in [3.05, 3.63) is 0 Å². The zero-order valence-corrected chi connectivity index (χ0v) is 16.9. The lowest BCUT2D eigenvalue weighted by atomic mass is 9.82. The van der Waals surface area contributed by atoms with Crippen molar-refractivity contribution >= 4 is 5.97 Å². The number of aliphatic hydroxyl groups excluding tert-OH is 1. The van der Waals surface area contributed by atoms with Crippen LogP contribution in [0, 0.1) is 10.8 Å². The van der Waals surface area contributed by atoms with E-state index in [1.165, 1.54) is 25.7 Å². The molecule has 0 aliphatic heterocycles. The molecule has 0 aliphatic carbocycles. The smallest absolute Gasteiger partial charge is 0.303 e. The topological polar surface area (TPSA) is 57.5 Å². The summed E-state index contributed by atoms with van der Waals surface area (Å²) in [5.74, 6) is -0.708. The van der Waals surface area contributed by atoms with Crippen molar-refractivity contribution in [2.75, 3.05) is 0 Å². The number of aliphatic carboxylic acids is 1. The minimum absolute atomic E-state index is 0.0915. The van der Waals surface area contributed by atoms with E-state index < -0.39 is 5.97 Å². The Morgan fingerprint density at radius 3 is 1.71 bits per heavy atom. The van der Waals surface area contributed by atoms with E-state index in [2.05, 4.69) is 34.6 Å². The molecule has 0 saturated carbocycles. The van der Waals surface area contributed by atoms with Gasteiger partial charge in [-0.05, 0) is 49.4 Å². The molecule has 0 aromatic carbocycles. The average Bonchev–Trinajstić information content (AvgIpc) is 2.46. The highest BCUT2D eigenvalue weighted by Crippen LogP contribution is 2.30. The van der Waals surface area contributed by atoms with Gasteiger partial charge in [-0.15, -0.1) is 0 Å². The molecule has 1 atom stereocenters. The summed E-state index contributed by atoms with van der Waals surface area (Å²) in [4.78, 5) is 10.7. The molecule has 3 nitrogen and oxygen atoms in total. The van der Waals surface area contributed by atoms with Crippen molar-refractivity contribution in [2.45, 2.75) is 118 Å². The molecule has 0 bridgehead atoms. The SMILES string of the molecule is CCCC(C)(C)CCCCC(O)CCCCC(C)(C)CCC(=O)O. The quantitative estimate of drug-likeness (QED) is 0.349. The Balaban J connectivity index is 3.69. The predicted octanol–water partition coefficient (Wildman–Crippen LogP) is 6.19. The number of carboxylic acids is 1. The Hall–Kier alpha value is -0.570. The molecule has 144 valence electrons. The molecule has 0 fully saturated rings. The summed E-state index contributed by atoms with van der Waals surface area (Å²) >= 11 is 0. The number of hydrogen-bond donors (Lipinski definition) is 2. The second-order valence-corrected chi connectivity index (χ2v) is 9.12. The second kappa shape index (κ2) is 11.9. The van der Waals surface area contributed by atoms with E-state index in [0.29, 0.717) is 5.41 Å². The monoisotopic (exact) mass is 342 g/mol. The van der Waals surface area contributed by atoms with E-state index in [4.69, 9.17) is 5.11 Å². The summed E-state index contributed by atoms with van der Waals surface area (Å²) in [6.45, 7) is 11.2. The fourth-order valence-electron chi connectivity index (χ4n) is 3.48. The Kier molecular flexibility index (Phi) is 11.6. The summed E-state index contributed by atoms with van der Waals surface area (Å²) in [5, 5.41) is 18.9. The van der Waals surface area contributed by atoms with E-state index in [1.54, 1.807) is 0 Å². The molecule has 0 aromatic heterocycles. The molecule has 0 heterocycles. The Bertz CT molecular complexity index is 334. The number of aliphatic hydroxyl groups is 1. The van der Waals surface area contributed by atoms with Gasteiger partial charge in [-0.1, -0.05) is 66.7 Å². The second-order valence-electron chi connectivity index (χ2n) is 9.12. The maximum atomic E-state index is 10.7.